The van der Waals surface area contributed by atoms with Crippen molar-refractivity contribution < 1.29 is 8.42 Å². The lowest BCUT2D eigenvalue weighted by Gasteiger charge is -2.12. The molecule has 100 valence electrons. The Kier molecular flexibility index (Phi) is 3.48. The molecule has 0 unspecified atom stereocenters. The van der Waals surface area contributed by atoms with E-state index in [0.29, 0.717) is 16.9 Å². The van der Waals surface area contributed by atoms with E-state index in [1.54, 1.807) is 43.3 Å². The van der Waals surface area contributed by atoms with E-state index < -0.39 is 10.0 Å². The maximum Gasteiger partial charge on any atom is 0.262 e. The number of rotatable bonds is 3. The minimum atomic E-state index is -3.61. The Morgan fingerprint density at radius 2 is 1.74 bits per heavy atom. The number of hydrogen-bond acceptors (Lipinski definition) is 3. The second-order valence-electron chi connectivity index (χ2n) is 4.46. The summed E-state index contributed by atoms with van der Waals surface area (Å²) in [6.07, 6.45) is 0. The highest BCUT2D eigenvalue weighted by Crippen LogP contribution is 2.24. The lowest BCUT2D eigenvalue weighted by Crippen LogP contribution is -2.15. The number of aryl methyl sites for hydroxylation is 2. The van der Waals surface area contributed by atoms with Crippen LogP contribution in [0.15, 0.2) is 47.4 Å². The number of nitrogen functional groups attached to an aromatic ring is 1. The van der Waals surface area contributed by atoms with Gasteiger partial charge < -0.3 is 5.73 Å². The summed E-state index contributed by atoms with van der Waals surface area (Å²) < 4.78 is 27.2. The Morgan fingerprint density at radius 3 is 2.42 bits per heavy atom. The van der Waals surface area contributed by atoms with E-state index in [2.05, 4.69) is 4.72 Å². The number of hydrogen-bond donors (Lipinski definition) is 2. The maximum atomic E-state index is 12.3. The van der Waals surface area contributed by atoms with E-state index in [1.165, 1.54) is 0 Å². The van der Waals surface area contributed by atoms with E-state index >= 15 is 0 Å². The van der Waals surface area contributed by atoms with Crippen molar-refractivity contribution in [1.82, 2.24) is 0 Å². The van der Waals surface area contributed by atoms with E-state index in [9.17, 15) is 8.42 Å². The summed E-state index contributed by atoms with van der Waals surface area (Å²) in [5, 5.41) is 0. The van der Waals surface area contributed by atoms with Crippen LogP contribution in [0.4, 0.5) is 11.4 Å². The minimum absolute atomic E-state index is 0.260. The third-order valence-corrected chi connectivity index (χ3v) is 4.36. The molecule has 2 aromatic rings. The zero-order valence-corrected chi connectivity index (χ0v) is 11.7. The van der Waals surface area contributed by atoms with Crippen molar-refractivity contribution in [3.8, 4) is 0 Å². The molecule has 5 heteroatoms. The predicted octanol–water partition coefficient (Wildman–Crippen LogP) is 2.69. The van der Waals surface area contributed by atoms with Gasteiger partial charge >= 0.3 is 0 Å². The topological polar surface area (TPSA) is 72.2 Å². The van der Waals surface area contributed by atoms with E-state index in [4.69, 9.17) is 5.73 Å². The largest absolute Gasteiger partial charge is 0.397 e. The molecule has 0 aliphatic heterocycles. The van der Waals surface area contributed by atoms with Gasteiger partial charge in [0.15, 0.2) is 0 Å². The maximum absolute atomic E-state index is 12.3. The number of nitrogens with two attached hydrogens (primary N) is 1. The van der Waals surface area contributed by atoms with Gasteiger partial charge in [0.2, 0.25) is 0 Å². The van der Waals surface area contributed by atoms with Gasteiger partial charge in [-0.25, -0.2) is 8.42 Å². The van der Waals surface area contributed by atoms with Gasteiger partial charge in [-0.05, 0) is 43.2 Å². The molecule has 0 heterocycles. The van der Waals surface area contributed by atoms with Gasteiger partial charge in [-0.1, -0.05) is 24.3 Å². The molecule has 0 fully saturated rings. The Bertz CT molecular complexity index is 709. The van der Waals surface area contributed by atoms with Crippen molar-refractivity contribution in [3.05, 3.63) is 53.6 Å². The summed E-state index contributed by atoms with van der Waals surface area (Å²) >= 11 is 0. The number of benzene rings is 2. The third-order valence-electron chi connectivity index (χ3n) is 2.84. The van der Waals surface area contributed by atoms with Crippen LogP contribution in [0.3, 0.4) is 0 Å². The van der Waals surface area contributed by atoms with Gasteiger partial charge in [0.25, 0.3) is 10.0 Å². The molecule has 0 aromatic heterocycles. The highest BCUT2D eigenvalue weighted by atomic mass is 32.2. The van der Waals surface area contributed by atoms with Crippen LogP contribution in [0.2, 0.25) is 0 Å². The van der Waals surface area contributed by atoms with Crippen LogP contribution in [0.5, 0.6) is 0 Å². The molecule has 0 aliphatic rings. The SMILES string of the molecule is Cc1ccc(N)c(NS(=O)(=O)c2ccccc2C)c1. The number of nitrogens with one attached hydrogen (secondary N) is 1. The van der Waals surface area contributed by atoms with Crippen LogP contribution in [0.1, 0.15) is 11.1 Å². The van der Waals surface area contributed by atoms with E-state index in [-0.39, 0.29) is 4.90 Å². The lowest BCUT2D eigenvalue weighted by molar-refractivity contribution is 0.600. The lowest BCUT2D eigenvalue weighted by atomic mass is 10.2. The number of sulfonamides is 1. The van der Waals surface area contributed by atoms with Crippen LogP contribution >= 0.6 is 0 Å². The predicted molar refractivity (Wildman–Crippen MR) is 77.6 cm³/mol. The smallest absolute Gasteiger partial charge is 0.262 e. The fraction of sp³-hybridized carbons (Fsp3) is 0.143. The first-order valence-electron chi connectivity index (χ1n) is 5.85. The van der Waals surface area contributed by atoms with Crippen molar-refractivity contribution in [2.75, 3.05) is 10.5 Å². The monoisotopic (exact) mass is 276 g/mol. The fourth-order valence-corrected chi connectivity index (χ4v) is 3.14. The Morgan fingerprint density at radius 1 is 1.05 bits per heavy atom. The van der Waals surface area contributed by atoms with Crippen LogP contribution < -0.4 is 10.5 Å². The molecule has 0 amide bonds. The summed E-state index contributed by atoms with van der Waals surface area (Å²) in [7, 11) is -3.61. The van der Waals surface area contributed by atoms with E-state index in [0.717, 1.165) is 5.56 Å². The van der Waals surface area contributed by atoms with Crippen molar-refractivity contribution in [1.29, 1.82) is 0 Å². The first-order valence-corrected chi connectivity index (χ1v) is 7.33. The van der Waals surface area contributed by atoms with Crippen molar-refractivity contribution in [2.24, 2.45) is 0 Å². The summed E-state index contributed by atoms with van der Waals surface area (Å²) in [6.45, 7) is 3.64. The third kappa shape index (κ3) is 2.88. The first-order chi connectivity index (χ1) is 8.90. The molecule has 3 N–H and O–H groups in total. The van der Waals surface area contributed by atoms with Crippen LogP contribution in [0, 0.1) is 13.8 Å². The minimum Gasteiger partial charge on any atom is -0.397 e. The molecule has 2 rings (SSSR count). The average molecular weight is 276 g/mol. The molecule has 0 saturated heterocycles. The Balaban J connectivity index is 2.43. The molecule has 0 saturated carbocycles. The van der Waals surface area contributed by atoms with Gasteiger partial charge in [0.1, 0.15) is 0 Å². The van der Waals surface area contributed by atoms with Crippen LogP contribution in [-0.2, 0) is 10.0 Å². The molecular weight excluding hydrogens is 260 g/mol. The van der Waals surface area contributed by atoms with E-state index in [1.807, 2.05) is 13.0 Å². The van der Waals surface area contributed by atoms with Gasteiger partial charge in [0, 0.05) is 0 Å². The van der Waals surface area contributed by atoms with Crippen molar-refractivity contribution in [3.63, 3.8) is 0 Å². The first kappa shape index (κ1) is 13.4. The quantitative estimate of drug-likeness (QED) is 0.847. The standard InChI is InChI=1S/C14H16N2O2S/c1-10-7-8-12(15)13(9-10)16-19(17,18)14-6-4-3-5-11(14)2/h3-9,16H,15H2,1-2H3. The van der Waals surface area contributed by atoms with Gasteiger partial charge in [-0.15, -0.1) is 0 Å². The molecule has 0 radical (unpaired) electrons. The molecular formula is C14H16N2O2S. The molecule has 0 bridgehead atoms. The summed E-state index contributed by atoms with van der Waals surface area (Å²) in [5.74, 6) is 0. The number of anilines is 2. The Hall–Kier alpha value is -2.01. The van der Waals surface area contributed by atoms with Crippen LogP contribution in [0.25, 0.3) is 0 Å². The molecule has 0 atom stereocenters. The van der Waals surface area contributed by atoms with Gasteiger partial charge in [0.05, 0.1) is 16.3 Å². The highest BCUT2D eigenvalue weighted by Gasteiger charge is 2.17. The van der Waals surface area contributed by atoms with Gasteiger partial charge in [-0.2, -0.15) is 0 Å². The zero-order valence-electron chi connectivity index (χ0n) is 10.8. The van der Waals surface area contributed by atoms with Crippen molar-refractivity contribution in [2.45, 2.75) is 18.7 Å². The Labute approximate surface area is 113 Å². The molecule has 0 aliphatic carbocycles. The molecule has 2 aromatic carbocycles. The summed E-state index contributed by atoms with van der Waals surface area (Å²) in [4.78, 5) is 0.260. The normalized spacial score (nSPS) is 11.3. The molecule has 4 nitrogen and oxygen atoms in total. The molecule has 19 heavy (non-hydrogen) atoms. The second-order valence-corrected chi connectivity index (χ2v) is 6.11. The fourth-order valence-electron chi connectivity index (χ4n) is 1.82. The van der Waals surface area contributed by atoms with Crippen molar-refractivity contribution >= 4 is 21.4 Å². The zero-order chi connectivity index (χ0) is 14.0. The second kappa shape index (κ2) is 4.93. The average Bonchev–Trinajstić information content (AvgIpc) is 2.34. The van der Waals surface area contributed by atoms with Crippen LogP contribution in [-0.4, -0.2) is 8.42 Å². The highest BCUT2D eigenvalue weighted by molar-refractivity contribution is 7.92. The van der Waals surface area contributed by atoms with Gasteiger partial charge in [-0.3, -0.25) is 4.72 Å². The summed E-state index contributed by atoms with van der Waals surface area (Å²) in [5.41, 5.74) is 8.23. The summed E-state index contributed by atoms with van der Waals surface area (Å²) in [6, 6.07) is 12.1. The molecule has 0 spiro atoms.